The van der Waals surface area contributed by atoms with E-state index in [1.807, 2.05) is 13.8 Å². The number of aromatic nitrogens is 2. The molecule has 2 aromatic rings. The van der Waals surface area contributed by atoms with Crippen molar-refractivity contribution in [2.75, 3.05) is 5.73 Å². The number of benzene rings is 1. The Balaban J connectivity index is 2.63. The van der Waals surface area contributed by atoms with Crippen molar-refractivity contribution < 1.29 is 4.92 Å². The van der Waals surface area contributed by atoms with Crippen molar-refractivity contribution >= 4 is 11.5 Å². The molecule has 0 fully saturated rings. The minimum Gasteiger partial charge on any atom is -0.382 e. The van der Waals surface area contributed by atoms with Gasteiger partial charge in [-0.05, 0) is 32.4 Å². The van der Waals surface area contributed by atoms with Gasteiger partial charge in [0.1, 0.15) is 5.82 Å². The van der Waals surface area contributed by atoms with Crippen LogP contribution in [-0.2, 0) is 0 Å². The average Bonchev–Trinajstić information content (AvgIpc) is 2.60. The Labute approximate surface area is 104 Å². The van der Waals surface area contributed by atoms with E-state index in [9.17, 15) is 10.1 Å². The molecule has 0 aliphatic rings. The van der Waals surface area contributed by atoms with Gasteiger partial charge < -0.3 is 5.73 Å². The number of anilines is 1. The molecule has 6 heteroatoms. The summed E-state index contributed by atoms with van der Waals surface area (Å²) in [6.07, 6.45) is 0. The summed E-state index contributed by atoms with van der Waals surface area (Å²) < 4.78 is 1.70. The summed E-state index contributed by atoms with van der Waals surface area (Å²) in [4.78, 5) is 10.5. The fraction of sp³-hybridized carbons (Fsp3) is 0.250. The number of hydrogen-bond donors (Lipinski definition) is 1. The summed E-state index contributed by atoms with van der Waals surface area (Å²) >= 11 is 0. The Bertz CT molecular complexity index is 631. The zero-order valence-corrected chi connectivity index (χ0v) is 10.5. The molecule has 0 amide bonds. The fourth-order valence-electron chi connectivity index (χ4n) is 1.95. The van der Waals surface area contributed by atoms with Gasteiger partial charge in [0, 0.05) is 23.4 Å². The lowest BCUT2D eigenvalue weighted by atomic mass is 10.1. The van der Waals surface area contributed by atoms with Crippen LogP contribution < -0.4 is 5.73 Å². The Morgan fingerprint density at radius 3 is 2.39 bits per heavy atom. The number of hydrogen-bond acceptors (Lipinski definition) is 4. The van der Waals surface area contributed by atoms with Crippen molar-refractivity contribution in [3.8, 4) is 5.69 Å². The summed E-state index contributed by atoms with van der Waals surface area (Å²) in [5.41, 5.74) is 8.86. The van der Waals surface area contributed by atoms with Gasteiger partial charge in [-0.1, -0.05) is 0 Å². The highest BCUT2D eigenvalue weighted by Gasteiger charge is 2.15. The normalized spacial score (nSPS) is 10.6. The van der Waals surface area contributed by atoms with E-state index >= 15 is 0 Å². The van der Waals surface area contributed by atoms with Gasteiger partial charge in [-0.15, -0.1) is 0 Å². The Morgan fingerprint density at radius 1 is 1.22 bits per heavy atom. The van der Waals surface area contributed by atoms with Gasteiger partial charge in [-0.25, -0.2) is 4.68 Å². The molecule has 0 aliphatic heterocycles. The molecular weight excluding hydrogens is 232 g/mol. The third-order valence-electron chi connectivity index (χ3n) is 2.85. The van der Waals surface area contributed by atoms with Crippen LogP contribution in [0.4, 0.5) is 11.5 Å². The van der Waals surface area contributed by atoms with E-state index in [4.69, 9.17) is 5.73 Å². The topological polar surface area (TPSA) is 87.0 Å². The molecular formula is C12H14N4O2. The number of rotatable bonds is 2. The largest absolute Gasteiger partial charge is 0.382 e. The van der Waals surface area contributed by atoms with Gasteiger partial charge >= 0.3 is 0 Å². The van der Waals surface area contributed by atoms with E-state index in [2.05, 4.69) is 5.10 Å². The summed E-state index contributed by atoms with van der Waals surface area (Å²) in [5.74, 6) is 0.433. The van der Waals surface area contributed by atoms with Crippen LogP contribution in [0.15, 0.2) is 18.2 Å². The maximum Gasteiger partial charge on any atom is 0.272 e. The first-order chi connectivity index (χ1) is 8.40. The van der Waals surface area contributed by atoms with Gasteiger partial charge in [-0.3, -0.25) is 10.1 Å². The van der Waals surface area contributed by atoms with Crippen LogP contribution in [0, 0.1) is 30.9 Å². The number of nitrogens with zero attached hydrogens (tertiary/aromatic N) is 3. The van der Waals surface area contributed by atoms with E-state index < -0.39 is 0 Å². The first-order valence-corrected chi connectivity index (χ1v) is 5.48. The maximum absolute atomic E-state index is 10.9. The van der Waals surface area contributed by atoms with Crippen molar-refractivity contribution in [3.63, 3.8) is 0 Å². The van der Waals surface area contributed by atoms with Crippen molar-refractivity contribution in [1.82, 2.24) is 9.78 Å². The maximum atomic E-state index is 10.9. The third kappa shape index (κ3) is 1.92. The SMILES string of the molecule is Cc1cc([N+](=O)[O-])c(C)cc1-n1nc(N)cc1C. The van der Waals surface area contributed by atoms with Crippen LogP contribution in [0.3, 0.4) is 0 Å². The molecule has 2 rings (SSSR count). The van der Waals surface area contributed by atoms with Gasteiger partial charge in [-0.2, -0.15) is 5.10 Å². The Hall–Kier alpha value is -2.37. The van der Waals surface area contributed by atoms with Crippen molar-refractivity contribution in [2.45, 2.75) is 20.8 Å². The first kappa shape index (κ1) is 12.1. The minimum absolute atomic E-state index is 0.119. The van der Waals surface area contributed by atoms with Gasteiger partial charge in [0.15, 0.2) is 0 Å². The third-order valence-corrected chi connectivity index (χ3v) is 2.85. The lowest BCUT2D eigenvalue weighted by molar-refractivity contribution is -0.385. The van der Waals surface area contributed by atoms with Crippen molar-refractivity contribution in [3.05, 3.63) is 45.1 Å². The molecule has 0 spiro atoms. The Kier molecular flexibility index (Phi) is 2.78. The van der Waals surface area contributed by atoms with E-state index in [1.165, 1.54) is 0 Å². The van der Waals surface area contributed by atoms with Gasteiger partial charge in [0.05, 0.1) is 10.6 Å². The van der Waals surface area contributed by atoms with Crippen molar-refractivity contribution in [2.24, 2.45) is 0 Å². The predicted molar refractivity (Wildman–Crippen MR) is 68.8 cm³/mol. The second kappa shape index (κ2) is 4.14. The second-order valence-corrected chi connectivity index (χ2v) is 4.30. The molecule has 0 bridgehead atoms. The summed E-state index contributed by atoms with van der Waals surface area (Å²) in [5, 5.41) is 15.0. The summed E-state index contributed by atoms with van der Waals surface area (Å²) in [6, 6.07) is 5.07. The van der Waals surface area contributed by atoms with Crippen LogP contribution in [0.5, 0.6) is 0 Å². The standard InChI is InChI=1S/C12H14N4O2/c1-7-5-11(16(17)18)8(2)4-10(7)15-9(3)6-12(13)14-15/h4-6H,1-3H3,(H2,13,14). The zero-order chi connectivity index (χ0) is 13.4. The molecule has 18 heavy (non-hydrogen) atoms. The fourth-order valence-corrected chi connectivity index (χ4v) is 1.95. The van der Waals surface area contributed by atoms with E-state index in [0.29, 0.717) is 11.4 Å². The first-order valence-electron chi connectivity index (χ1n) is 5.48. The van der Waals surface area contributed by atoms with Crippen LogP contribution >= 0.6 is 0 Å². The van der Waals surface area contributed by atoms with Crippen LogP contribution in [0.2, 0.25) is 0 Å². The monoisotopic (exact) mass is 246 g/mol. The van der Waals surface area contributed by atoms with Crippen LogP contribution in [0.1, 0.15) is 16.8 Å². The number of nitrogen functional groups attached to an aromatic ring is 1. The smallest absolute Gasteiger partial charge is 0.272 e. The van der Waals surface area contributed by atoms with Gasteiger partial charge in [0.2, 0.25) is 0 Å². The molecule has 1 heterocycles. The summed E-state index contributed by atoms with van der Waals surface area (Å²) in [6.45, 7) is 5.42. The van der Waals surface area contributed by atoms with Gasteiger partial charge in [0.25, 0.3) is 5.69 Å². The minimum atomic E-state index is -0.379. The molecule has 2 N–H and O–H groups in total. The highest BCUT2D eigenvalue weighted by molar-refractivity contribution is 5.53. The molecule has 1 aromatic heterocycles. The van der Waals surface area contributed by atoms with Crippen LogP contribution in [0.25, 0.3) is 5.69 Å². The molecule has 0 saturated heterocycles. The van der Waals surface area contributed by atoms with E-state index in [0.717, 1.165) is 16.9 Å². The van der Waals surface area contributed by atoms with Crippen molar-refractivity contribution in [1.29, 1.82) is 0 Å². The lowest BCUT2D eigenvalue weighted by Crippen LogP contribution is -2.04. The quantitative estimate of drug-likeness (QED) is 0.650. The van der Waals surface area contributed by atoms with E-state index in [1.54, 1.807) is 29.8 Å². The predicted octanol–water partition coefficient (Wildman–Crippen LogP) is 2.29. The zero-order valence-electron chi connectivity index (χ0n) is 10.5. The molecule has 0 aliphatic carbocycles. The second-order valence-electron chi connectivity index (χ2n) is 4.30. The highest BCUT2D eigenvalue weighted by Crippen LogP contribution is 2.26. The number of aryl methyl sites for hydroxylation is 3. The highest BCUT2D eigenvalue weighted by atomic mass is 16.6. The number of nitro groups is 1. The molecule has 0 radical (unpaired) electrons. The summed E-state index contributed by atoms with van der Waals surface area (Å²) in [7, 11) is 0. The van der Waals surface area contributed by atoms with E-state index in [-0.39, 0.29) is 10.6 Å². The molecule has 6 nitrogen and oxygen atoms in total. The lowest BCUT2D eigenvalue weighted by Gasteiger charge is -2.09. The van der Waals surface area contributed by atoms with Crippen LogP contribution in [-0.4, -0.2) is 14.7 Å². The number of nitrogens with two attached hydrogens (primary N) is 1. The Morgan fingerprint density at radius 2 is 1.89 bits per heavy atom. The average molecular weight is 246 g/mol. The molecule has 0 saturated carbocycles. The molecule has 1 aromatic carbocycles. The molecule has 94 valence electrons. The molecule has 0 unspecified atom stereocenters. The molecule has 0 atom stereocenters. The number of nitro benzene ring substituents is 1.